The number of nitro benzene ring substituents is 1. The molecule has 7 heteroatoms. The van der Waals surface area contributed by atoms with Crippen LogP contribution in [0.25, 0.3) is 0 Å². The second kappa shape index (κ2) is 7.22. The van der Waals surface area contributed by atoms with Crippen LogP contribution in [0.2, 0.25) is 0 Å². The molecule has 0 aliphatic carbocycles. The molecule has 1 amide bonds. The van der Waals surface area contributed by atoms with E-state index >= 15 is 0 Å². The predicted octanol–water partition coefficient (Wildman–Crippen LogP) is 1.67. The fourth-order valence-corrected chi connectivity index (χ4v) is 1.38. The molecule has 1 aromatic rings. The van der Waals surface area contributed by atoms with E-state index in [0.717, 1.165) is 12.5 Å². The van der Waals surface area contributed by atoms with Gasteiger partial charge in [-0.2, -0.15) is 0 Å². The number of hydrogen-bond donors (Lipinski definition) is 1. The fraction of sp³-hybridized carbons (Fsp3) is 0.385. The monoisotopic (exact) mass is 280 g/mol. The van der Waals surface area contributed by atoms with Gasteiger partial charge in [0.2, 0.25) is 0 Å². The summed E-state index contributed by atoms with van der Waals surface area (Å²) in [5.74, 6) is -1.17. The van der Waals surface area contributed by atoms with Crippen molar-refractivity contribution >= 4 is 17.6 Å². The van der Waals surface area contributed by atoms with E-state index in [9.17, 15) is 19.7 Å². The van der Waals surface area contributed by atoms with E-state index in [1.54, 1.807) is 0 Å². The van der Waals surface area contributed by atoms with Crippen molar-refractivity contribution in [2.75, 3.05) is 6.61 Å². The Balaban J connectivity index is 2.57. The third-order valence-corrected chi connectivity index (χ3v) is 2.65. The summed E-state index contributed by atoms with van der Waals surface area (Å²) in [7, 11) is 0. The Bertz CT molecular complexity index is 515. The van der Waals surface area contributed by atoms with Crippen LogP contribution < -0.4 is 5.32 Å². The number of benzene rings is 1. The molecule has 7 nitrogen and oxygen atoms in total. The normalized spacial score (nSPS) is 11.5. The van der Waals surface area contributed by atoms with Gasteiger partial charge in [-0.05, 0) is 19.4 Å². The third kappa shape index (κ3) is 4.68. The van der Waals surface area contributed by atoms with Gasteiger partial charge in [-0.25, -0.2) is 4.79 Å². The van der Waals surface area contributed by atoms with Gasteiger partial charge in [-0.15, -0.1) is 0 Å². The molecule has 1 rings (SSSR count). The smallest absolute Gasteiger partial charge is 0.338 e. The van der Waals surface area contributed by atoms with Gasteiger partial charge in [0, 0.05) is 18.2 Å². The number of nitro groups is 1. The number of amides is 1. The van der Waals surface area contributed by atoms with Crippen molar-refractivity contribution in [2.24, 2.45) is 0 Å². The molecule has 20 heavy (non-hydrogen) atoms. The minimum absolute atomic E-state index is 0.000912. The van der Waals surface area contributed by atoms with Crippen molar-refractivity contribution in [3.8, 4) is 0 Å². The molecule has 0 aliphatic heterocycles. The largest absolute Gasteiger partial charge is 0.452 e. The lowest BCUT2D eigenvalue weighted by Gasteiger charge is -2.11. The van der Waals surface area contributed by atoms with Crippen LogP contribution in [0.15, 0.2) is 24.3 Å². The summed E-state index contributed by atoms with van der Waals surface area (Å²) in [6, 6.07) is 5.15. The molecule has 1 atom stereocenters. The maximum absolute atomic E-state index is 11.7. The van der Waals surface area contributed by atoms with Crippen LogP contribution in [0, 0.1) is 10.1 Å². The Morgan fingerprint density at radius 1 is 1.45 bits per heavy atom. The molecule has 0 aliphatic rings. The molecule has 108 valence electrons. The molecular formula is C13H16N2O5. The van der Waals surface area contributed by atoms with Gasteiger partial charge in [0.05, 0.1) is 10.5 Å². The highest BCUT2D eigenvalue weighted by atomic mass is 16.6. The molecule has 0 bridgehead atoms. The first kappa shape index (κ1) is 15.6. The molecule has 0 fully saturated rings. The Morgan fingerprint density at radius 2 is 2.15 bits per heavy atom. The molecule has 1 aromatic carbocycles. The van der Waals surface area contributed by atoms with Gasteiger partial charge in [-0.1, -0.05) is 13.0 Å². The molecular weight excluding hydrogens is 264 g/mol. The predicted molar refractivity (Wildman–Crippen MR) is 71.3 cm³/mol. The van der Waals surface area contributed by atoms with E-state index < -0.39 is 23.4 Å². The van der Waals surface area contributed by atoms with Gasteiger partial charge in [0.1, 0.15) is 0 Å². The van der Waals surface area contributed by atoms with Crippen molar-refractivity contribution in [1.82, 2.24) is 5.32 Å². The van der Waals surface area contributed by atoms with E-state index in [1.165, 1.54) is 18.2 Å². The number of carbonyl (C=O) groups excluding carboxylic acids is 2. The van der Waals surface area contributed by atoms with Crippen molar-refractivity contribution in [2.45, 2.75) is 26.3 Å². The number of non-ortho nitro benzene ring substituents is 1. The van der Waals surface area contributed by atoms with E-state index in [4.69, 9.17) is 4.74 Å². The molecule has 0 aromatic heterocycles. The summed E-state index contributed by atoms with van der Waals surface area (Å²) in [6.45, 7) is 3.34. The van der Waals surface area contributed by atoms with Crippen LogP contribution in [-0.2, 0) is 9.53 Å². The number of esters is 1. The summed E-state index contributed by atoms with van der Waals surface area (Å²) in [6.07, 6.45) is 0.768. The zero-order chi connectivity index (χ0) is 15.1. The Kier molecular flexibility index (Phi) is 5.64. The van der Waals surface area contributed by atoms with Crippen LogP contribution in [0.1, 0.15) is 30.6 Å². The first-order valence-corrected chi connectivity index (χ1v) is 6.15. The van der Waals surface area contributed by atoms with Crippen LogP contribution in [-0.4, -0.2) is 29.4 Å². The number of ether oxygens (including phenoxy) is 1. The number of carbonyl (C=O) groups is 2. The zero-order valence-electron chi connectivity index (χ0n) is 11.3. The number of rotatable bonds is 6. The van der Waals surface area contributed by atoms with Crippen molar-refractivity contribution < 1.29 is 19.2 Å². The molecule has 0 saturated heterocycles. The van der Waals surface area contributed by atoms with E-state index in [-0.39, 0.29) is 17.3 Å². The summed E-state index contributed by atoms with van der Waals surface area (Å²) in [4.78, 5) is 33.1. The van der Waals surface area contributed by atoms with Crippen LogP contribution in [0.4, 0.5) is 5.69 Å². The highest BCUT2D eigenvalue weighted by molar-refractivity contribution is 5.91. The van der Waals surface area contributed by atoms with Crippen molar-refractivity contribution in [3.63, 3.8) is 0 Å². The summed E-state index contributed by atoms with van der Waals surface area (Å²) >= 11 is 0. The second-order valence-electron chi connectivity index (χ2n) is 4.26. The average Bonchev–Trinajstić information content (AvgIpc) is 2.44. The van der Waals surface area contributed by atoms with Crippen LogP contribution >= 0.6 is 0 Å². The van der Waals surface area contributed by atoms with Crippen LogP contribution in [0.3, 0.4) is 0 Å². The fourth-order valence-electron chi connectivity index (χ4n) is 1.38. The summed E-state index contributed by atoms with van der Waals surface area (Å²) < 4.78 is 4.80. The standard InChI is InChI=1S/C13H16N2O5/c1-3-9(2)14-12(16)8-20-13(17)10-5-4-6-11(7-10)15(18)19/h4-7,9H,3,8H2,1-2H3,(H,14,16)/t9-/m0/s1. The zero-order valence-corrected chi connectivity index (χ0v) is 11.3. The highest BCUT2D eigenvalue weighted by Crippen LogP contribution is 2.13. The molecule has 0 radical (unpaired) electrons. The summed E-state index contributed by atoms with van der Waals surface area (Å²) in [5, 5.41) is 13.2. The minimum Gasteiger partial charge on any atom is -0.452 e. The lowest BCUT2D eigenvalue weighted by atomic mass is 10.2. The first-order chi connectivity index (χ1) is 9.43. The van der Waals surface area contributed by atoms with Gasteiger partial charge < -0.3 is 10.1 Å². The number of hydrogen-bond acceptors (Lipinski definition) is 5. The quantitative estimate of drug-likeness (QED) is 0.485. The number of nitrogens with zero attached hydrogens (tertiary/aromatic N) is 1. The summed E-state index contributed by atoms with van der Waals surface area (Å²) in [5.41, 5.74) is -0.168. The van der Waals surface area contributed by atoms with E-state index in [1.807, 2.05) is 13.8 Å². The Morgan fingerprint density at radius 3 is 2.75 bits per heavy atom. The third-order valence-electron chi connectivity index (χ3n) is 2.65. The maximum atomic E-state index is 11.7. The lowest BCUT2D eigenvalue weighted by molar-refractivity contribution is -0.384. The van der Waals surface area contributed by atoms with Crippen LogP contribution in [0.5, 0.6) is 0 Å². The molecule has 0 unspecified atom stereocenters. The highest BCUT2D eigenvalue weighted by Gasteiger charge is 2.14. The SMILES string of the molecule is CC[C@H](C)NC(=O)COC(=O)c1cccc([N+](=O)[O-])c1. The first-order valence-electron chi connectivity index (χ1n) is 6.15. The van der Waals surface area contributed by atoms with Gasteiger partial charge in [0.15, 0.2) is 6.61 Å². The molecule has 1 N–H and O–H groups in total. The van der Waals surface area contributed by atoms with Gasteiger partial charge >= 0.3 is 5.97 Å². The molecule has 0 saturated carbocycles. The topological polar surface area (TPSA) is 98.5 Å². The van der Waals surface area contributed by atoms with Gasteiger partial charge in [-0.3, -0.25) is 14.9 Å². The van der Waals surface area contributed by atoms with Crippen molar-refractivity contribution in [1.29, 1.82) is 0 Å². The van der Waals surface area contributed by atoms with E-state index in [2.05, 4.69) is 5.32 Å². The molecule has 0 spiro atoms. The second-order valence-corrected chi connectivity index (χ2v) is 4.26. The van der Waals surface area contributed by atoms with Gasteiger partial charge in [0.25, 0.3) is 11.6 Å². The average molecular weight is 280 g/mol. The number of nitrogens with one attached hydrogen (secondary N) is 1. The molecule has 0 heterocycles. The Labute approximate surface area is 116 Å². The minimum atomic E-state index is -0.770. The lowest BCUT2D eigenvalue weighted by Crippen LogP contribution is -2.35. The van der Waals surface area contributed by atoms with Crippen molar-refractivity contribution in [3.05, 3.63) is 39.9 Å². The maximum Gasteiger partial charge on any atom is 0.338 e. The van der Waals surface area contributed by atoms with E-state index in [0.29, 0.717) is 0 Å². The Hall–Kier alpha value is -2.44.